The van der Waals surface area contributed by atoms with Crippen molar-refractivity contribution in [3.63, 3.8) is 0 Å². The van der Waals surface area contributed by atoms with Crippen LogP contribution in [0.2, 0.25) is 0 Å². The molecule has 148 valence electrons. The summed E-state index contributed by atoms with van der Waals surface area (Å²) in [5.74, 6) is -3.65. The van der Waals surface area contributed by atoms with Gasteiger partial charge >= 0.3 is 5.97 Å². The topological polar surface area (TPSA) is 92.4 Å². The van der Waals surface area contributed by atoms with Crippen LogP contribution in [0.3, 0.4) is 0 Å². The van der Waals surface area contributed by atoms with Gasteiger partial charge in [0.15, 0.2) is 11.6 Å². The Morgan fingerprint density at radius 1 is 1.00 bits per heavy atom. The molecule has 3 rings (SSSR count). The first-order valence-corrected chi connectivity index (χ1v) is 9.25. The number of carbonyl (C=O) groups excluding carboxylic acids is 1. The Morgan fingerprint density at radius 2 is 1.64 bits per heavy atom. The zero-order valence-corrected chi connectivity index (χ0v) is 15.3. The number of nitrogen functional groups attached to an aromatic ring is 1. The number of carboxylic acid groups (broad SMARTS) is 1. The molecule has 2 aromatic carbocycles. The molecule has 0 saturated heterocycles. The Balaban J connectivity index is 1.79. The van der Waals surface area contributed by atoms with Crippen LogP contribution < -0.4 is 11.1 Å². The number of aliphatic carboxylic acids is 1. The fraction of sp³-hybridized carbons (Fsp3) is 0.333. The first kappa shape index (κ1) is 19.8. The van der Waals surface area contributed by atoms with Gasteiger partial charge in [0.25, 0.3) is 5.91 Å². The van der Waals surface area contributed by atoms with E-state index in [9.17, 15) is 23.5 Å². The molecule has 1 aliphatic carbocycles. The van der Waals surface area contributed by atoms with E-state index in [0.717, 1.165) is 44.2 Å². The maximum atomic E-state index is 13.4. The molecule has 28 heavy (non-hydrogen) atoms. The minimum Gasteiger partial charge on any atom is -0.480 e. The molecule has 4 N–H and O–H groups in total. The fourth-order valence-electron chi connectivity index (χ4n) is 3.69. The lowest BCUT2D eigenvalue weighted by atomic mass is 9.83. The van der Waals surface area contributed by atoms with E-state index in [0.29, 0.717) is 11.1 Å². The van der Waals surface area contributed by atoms with Gasteiger partial charge in [0.05, 0.1) is 5.56 Å². The third kappa shape index (κ3) is 4.30. The molecule has 1 fully saturated rings. The van der Waals surface area contributed by atoms with Crippen molar-refractivity contribution in [2.24, 2.45) is 5.92 Å². The van der Waals surface area contributed by atoms with E-state index in [1.807, 2.05) is 0 Å². The maximum absolute atomic E-state index is 13.4. The Bertz CT molecular complexity index is 895. The number of carbonyl (C=O) groups is 2. The normalized spacial score (nSPS) is 15.8. The van der Waals surface area contributed by atoms with Gasteiger partial charge in [-0.05, 0) is 54.2 Å². The van der Waals surface area contributed by atoms with Gasteiger partial charge in [-0.15, -0.1) is 0 Å². The summed E-state index contributed by atoms with van der Waals surface area (Å²) in [6, 6.07) is 7.03. The van der Waals surface area contributed by atoms with Crippen molar-refractivity contribution in [1.82, 2.24) is 5.32 Å². The largest absolute Gasteiger partial charge is 0.480 e. The number of benzene rings is 2. The molecular formula is C21H22F2N2O3. The van der Waals surface area contributed by atoms with Crippen molar-refractivity contribution in [3.05, 3.63) is 53.6 Å². The van der Waals surface area contributed by atoms with Crippen LogP contribution in [0, 0.1) is 17.6 Å². The SMILES string of the molecule is Nc1cc(-c2ccc(F)c(F)c2)ccc1C(=O)N[C@H](C(=O)O)C1CCCCC1. The van der Waals surface area contributed by atoms with Gasteiger partial charge in [0.2, 0.25) is 0 Å². The van der Waals surface area contributed by atoms with Crippen LogP contribution in [0.15, 0.2) is 36.4 Å². The van der Waals surface area contributed by atoms with Crippen LogP contribution in [0.5, 0.6) is 0 Å². The van der Waals surface area contributed by atoms with Crippen LogP contribution in [-0.4, -0.2) is 23.0 Å². The molecule has 0 bridgehead atoms. The third-order valence-corrected chi connectivity index (χ3v) is 5.22. The summed E-state index contributed by atoms with van der Waals surface area (Å²) in [5.41, 5.74) is 7.20. The van der Waals surface area contributed by atoms with Gasteiger partial charge in [0, 0.05) is 5.69 Å². The lowest BCUT2D eigenvalue weighted by Crippen LogP contribution is -2.46. The standard InChI is InChI=1S/C21H22F2N2O3/c22-16-9-7-13(10-17(16)23)14-6-8-15(18(24)11-14)20(26)25-19(21(27)28)12-4-2-1-3-5-12/h6-12,19H,1-5,24H2,(H,25,26)(H,27,28)/t19-/m0/s1. The number of nitrogens with one attached hydrogen (secondary N) is 1. The number of hydrogen-bond acceptors (Lipinski definition) is 3. The molecule has 5 nitrogen and oxygen atoms in total. The third-order valence-electron chi connectivity index (χ3n) is 5.22. The number of hydrogen-bond donors (Lipinski definition) is 3. The smallest absolute Gasteiger partial charge is 0.326 e. The highest BCUT2D eigenvalue weighted by molar-refractivity contribution is 6.01. The van der Waals surface area contributed by atoms with Gasteiger partial charge < -0.3 is 16.2 Å². The molecule has 1 saturated carbocycles. The summed E-state index contributed by atoms with van der Waals surface area (Å²) in [5, 5.41) is 12.1. The lowest BCUT2D eigenvalue weighted by Gasteiger charge is -2.28. The monoisotopic (exact) mass is 388 g/mol. The summed E-state index contributed by atoms with van der Waals surface area (Å²) >= 11 is 0. The maximum Gasteiger partial charge on any atom is 0.326 e. The van der Waals surface area contributed by atoms with Crippen molar-refractivity contribution < 1.29 is 23.5 Å². The predicted octanol–water partition coefficient (Wildman–Crippen LogP) is 3.98. The molecule has 0 radical (unpaired) electrons. The van der Waals surface area contributed by atoms with Crippen LogP contribution in [0.1, 0.15) is 42.5 Å². The van der Waals surface area contributed by atoms with Crippen molar-refractivity contribution in [3.8, 4) is 11.1 Å². The minimum absolute atomic E-state index is 0.0992. The zero-order chi connectivity index (χ0) is 20.3. The quantitative estimate of drug-likeness (QED) is 0.676. The number of amides is 1. The van der Waals surface area contributed by atoms with Crippen LogP contribution in [-0.2, 0) is 4.79 Å². The number of rotatable bonds is 5. The molecule has 7 heteroatoms. The van der Waals surface area contributed by atoms with E-state index < -0.39 is 29.6 Å². The van der Waals surface area contributed by atoms with Crippen molar-refractivity contribution in [1.29, 1.82) is 0 Å². The van der Waals surface area contributed by atoms with E-state index in [2.05, 4.69) is 5.32 Å². The highest BCUT2D eigenvalue weighted by Gasteiger charge is 2.31. The molecule has 0 aliphatic heterocycles. The second kappa shape index (κ2) is 8.37. The van der Waals surface area contributed by atoms with Gasteiger partial charge in [-0.25, -0.2) is 13.6 Å². The number of nitrogens with two attached hydrogens (primary N) is 1. The molecule has 1 amide bonds. The minimum atomic E-state index is -1.06. The van der Waals surface area contributed by atoms with Gasteiger partial charge in [-0.2, -0.15) is 0 Å². The average molecular weight is 388 g/mol. The van der Waals surface area contributed by atoms with E-state index in [1.165, 1.54) is 18.2 Å². The van der Waals surface area contributed by atoms with E-state index in [4.69, 9.17) is 5.73 Å². The molecule has 1 atom stereocenters. The Hall–Kier alpha value is -2.96. The first-order valence-electron chi connectivity index (χ1n) is 9.25. The van der Waals surface area contributed by atoms with E-state index in [1.54, 1.807) is 6.07 Å². The molecule has 0 spiro atoms. The van der Waals surface area contributed by atoms with Gasteiger partial charge in [-0.3, -0.25) is 4.79 Å². The average Bonchev–Trinajstić information content (AvgIpc) is 2.68. The van der Waals surface area contributed by atoms with Crippen molar-refractivity contribution in [2.75, 3.05) is 5.73 Å². The molecular weight excluding hydrogens is 366 g/mol. The van der Waals surface area contributed by atoms with Gasteiger partial charge in [0.1, 0.15) is 6.04 Å². The summed E-state index contributed by atoms with van der Waals surface area (Å²) in [6.45, 7) is 0. The molecule has 0 heterocycles. The van der Waals surface area contributed by atoms with Crippen LogP contribution >= 0.6 is 0 Å². The Labute approximate surface area is 161 Å². The molecule has 1 aliphatic rings. The lowest BCUT2D eigenvalue weighted by molar-refractivity contribution is -0.141. The predicted molar refractivity (Wildman–Crippen MR) is 102 cm³/mol. The van der Waals surface area contributed by atoms with Gasteiger partial charge in [-0.1, -0.05) is 31.4 Å². The van der Waals surface area contributed by atoms with Crippen molar-refractivity contribution >= 4 is 17.6 Å². The van der Waals surface area contributed by atoms with Crippen LogP contribution in [0.4, 0.5) is 14.5 Å². The Morgan fingerprint density at radius 3 is 2.25 bits per heavy atom. The number of carboxylic acids is 1. The summed E-state index contributed by atoms with van der Waals surface area (Å²) in [7, 11) is 0. The number of anilines is 1. The molecule has 0 unspecified atom stereocenters. The second-order valence-corrected chi connectivity index (χ2v) is 7.12. The summed E-state index contributed by atoms with van der Waals surface area (Å²) < 4.78 is 26.5. The number of halogens is 2. The highest BCUT2D eigenvalue weighted by Crippen LogP contribution is 2.28. The highest BCUT2D eigenvalue weighted by atomic mass is 19.2. The Kier molecular flexibility index (Phi) is 5.92. The molecule has 2 aromatic rings. The van der Waals surface area contributed by atoms with E-state index >= 15 is 0 Å². The van der Waals surface area contributed by atoms with Crippen molar-refractivity contribution in [2.45, 2.75) is 38.1 Å². The zero-order valence-electron chi connectivity index (χ0n) is 15.3. The summed E-state index contributed by atoms with van der Waals surface area (Å²) in [4.78, 5) is 24.2. The fourth-order valence-corrected chi connectivity index (χ4v) is 3.69. The second-order valence-electron chi connectivity index (χ2n) is 7.12. The van der Waals surface area contributed by atoms with Crippen LogP contribution in [0.25, 0.3) is 11.1 Å². The first-order chi connectivity index (χ1) is 13.4. The molecule has 0 aromatic heterocycles. The summed E-state index contributed by atoms with van der Waals surface area (Å²) in [6.07, 6.45) is 4.52. The van der Waals surface area contributed by atoms with E-state index in [-0.39, 0.29) is 17.2 Å².